The van der Waals surface area contributed by atoms with E-state index in [0.717, 1.165) is 5.56 Å². The zero-order valence-electron chi connectivity index (χ0n) is 6.50. The predicted octanol–water partition coefficient (Wildman–Crippen LogP) is 2.04. The predicted molar refractivity (Wildman–Crippen MR) is 49.9 cm³/mol. The quantitative estimate of drug-likeness (QED) is 0.751. The molecule has 0 radical (unpaired) electrons. The van der Waals surface area contributed by atoms with Crippen molar-refractivity contribution in [3.8, 4) is 0 Å². The maximum Gasteiger partial charge on any atom is 0.351 e. The molecule has 1 aromatic carbocycles. The second kappa shape index (κ2) is 3.58. The molecule has 0 unspecified atom stereocenters. The van der Waals surface area contributed by atoms with Gasteiger partial charge < -0.3 is 9.56 Å². The fourth-order valence-electron chi connectivity index (χ4n) is 0.910. The van der Waals surface area contributed by atoms with Gasteiger partial charge in [0.1, 0.15) is 0 Å². The molecule has 0 aliphatic heterocycles. The first-order valence-electron chi connectivity index (χ1n) is 3.34. The molecule has 0 fully saturated rings. The highest BCUT2D eigenvalue weighted by Gasteiger charge is 2.09. The number of anilines is 1. The molecule has 1 rings (SSSR count). The molecular formula is C8H8BrNO2. The molecule has 2 N–H and O–H groups in total. The van der Waals surface area contributed by atoms with Gasteiger partial charge in [-0.15, -0.1) is 0 Å². The summed E-state index contributed by atoms with van der Waals surface area (Å²) in [6.45, 7) is 1.90. The van der Waals surface area contributed by atoms with Crippen LogP contribution >= 0.6 is 16.3 Å². The molecule has 12 heavy (non-hydrogen) atoms. The Kier molecular flexibility index (Phi) is 2.70. The average Bonchev–Trinajstić information content (AvgIpc) is 2.03. The van der Waals surface area contributed by atoms with E-state index in [0.29, 0.717) is 11.3 Å². The number of aryl methyl sites for hydroxylation is 1. The smallest absolute Gasteiger partial charge is 0.351 e. The Hall–Kier alpha value is -1.03. The van der Waals surface area contributed by atoms with E-state index in [1.807, 2.05) is 6.92 Å². The topological polar surface area (TPSA) is 52.3 Å². The van der Waals surface area contributed by atoms with Crippen molar-refractivity contribution in [2.45, 2.75) is 6.92 Å². The van der Waals surface area contributed by atoms with Crippen LogP contribution in [0.4, 0.5) is 5.69 Å². The highest BCUT2D eigenvalue weighted by Crippen LogP contribution is 2.15. The first kappa shape index (κ1) is 9.06. The molecule has 0 bridgehead atoms. The average molecular weight is 230 g/mol. The Morgan fingerprint density at radius 1 is 1.58 bits per heavy atom. The highest BCUT2D eigenvalue weighted by atomic mass is 79.9. The summed E-state index contributed by atoms with van der Waals surface area (Å²) in [4.78, 5) is 11.0. The largest absolute Gasteiger partial charge is 0.398 e. The molecule has 0 spiro atoms. The van der Waals surface area contributed by atoms with Gasteiger partial charge in [-0.25, -0.2) is 4.79 Å². The zero-order chi connectivity index (χ0) is 9.14. The molecule has 1 aromatic rings. The molecule has 0 saturated heterocycles. The first-order valence-corrected chi connectivity index (χ1v) is 3.99. The van der Waals surface area contributed by atoms with Crippen molar-refractivity contribution in [3.63, 3.8) is 0 Å². The lowest BCUT2D eigenvalue weighted by molar-refractivity contribution is 0.0783. The maximum absolute atomic E-state index is 11.0. The van der Waals surface area contributed by atoms with E-state index in [4.69, 9.17) is 5.73 Å². The van der Waals surface area contributed by atoms with Crippen LogP contribution in [0, 0.1) is 6.92 Å². The van der Waals surface area contributed by atoms with E-state index < -0.39 is 5.97 Å². The summed E-state index contributed by atoms with van der Waals surface area (Å²) in [7, 11) is 0. The Labute approximate surface area is 79.0 Å². The second-order valence-electron chi connectivity index (χ2n) is 2.46. The standard InChI is InChI=1S/C8H8BrNO2/c1-5-2-3-6(7(10)4-5)8(11)12-9/h2-4H,10H2,1H3. The van der Waals surface area contributed by atoms with Crippen LogP contribution in [0.15, 0.2) is 18.2 Å². The number of carbonyl (C=O) groups is 1. The van der Waals surface area contributed by atoms with Gasteiger partial charge in [0.15, 0.2) is 16.3 Å². The molecule has 0 aliphatic rings. The number of rotatable bonds is 1. The molecule has 0 aliphatic carbocycles. The minimum Gasteiger partial charge on any atom is -0.398 e. The first-order chi connectivity index (χ1) is 5.65. The van der Waals surface area contributed by atoms with Crippen molar-refractivity contribution >= 4 is 27.9 Å². The van der Waals surface area contributed by atoms with Crippen LogP contribution in [0.3, 0.4) is 0 Å². The van der Waals surface area contributed by atoms with Crippen molar-refractivity contribution in [1.29, 1.82) is 0 Å². The molecule has 64 valence electrons. The van der Waals surface area contributed by atoms with E-state index >= 15 is 0 Å². The van der Waals surface area contributed by atoms with Crippen LogP contribution in [-0.4, -0.2) is 5.97 Å². The van der Waals surface area contributed by atoms with Crippen molar-refractivity contribution in [2.75, 3.05) is 5.73 Å². The number of nitrogen functional groups attached to an aromatic ring is 1. The summed E-state index contributed by atoms with van der Waals surface area (Å²) in [5.74, 6) is -0.479. The number of halogens is 1. The SMILES string of the molecule is Cc1ccc(C(=O)OBr)c(N)c1. The van der Waals surface area contributed by atoms with Gasteiger partial charge in [0, 0.05) is 5.69 Å². The molecule has 0 aromatic heterocycles. The number of hydrogen-bond donors (Lipinski definition) is 1. The van der Waals surface area contributed by atoms with E-state index in [9.17, 15) is 4.79 Å². The molecule has 0 heterocycles. The lowest BCUT2D eigenvalue weighted by Crippen LogP contribution is -2.03. The van der Waals surface area contributed by atoms with Crippen LogP contribution in [0.25, 0.3) is 0 Å². The number of carbonyl (C=O) groups excluding carboxylic acids is 1. The number of hydrogen-bond acceptors (Lipinski definition) is 3. The summed E-state index contributed by atoms with van der Waals surface area (Å²) in [6.07, 6.45) is 0. The van der Waals surface area contributed by atoms with Crippen molar-refractivity contribution in [2.24, 2.45) is 0 Å². The molecule has 0 atom stereocenters. The minimum absolute atomic E-state index is 0.373. The van der Waals surface area contributed by atoms with E-state index in [-0.39, 0.29) is 0 Å². The van der Waals surface area contributed by atoms with Crippen LogP contribution < -0.4 is 5.73 Å². The van der Waals surface area contributed by atoms with Crippen molar-refractivity contribution in [3.05, 3.63) is 29.3 Å². The summed E-state index contributed by atoms with van der Waals surface area (Å²) < 4.78 is 4.35. The van der Waals surface area contributed by atoms with Gasteiger partial charge in [0.25, 0.3) is 0 Å². The summed E-state index contributed by atoms with van der Waals surface area (Å²) in [6, 6.07) is 5.16. The number of benzene rings is 1. The van der Waals surface area contributed by atoms with Crippen molar-refractivity contribution in [1.82, 2.24) is 0 Å². The lowest BCUT2D eigenvalue weighted by atomic mass is 10.1. The van der Waals surface area contributed by atoms with Crippen LogP contribution in [0.1, 0.15) is 15.9 Å². The Balaban J connectivity index is 3.09. The highest BCUT2D eigenvalue weighted by molar-refractivity contribution is 9.06. The van der Waals surface area contributed by atoms with Gasteiger partial charge in [-0.2, -0.15) is 0 Å². The fraction of sp³-hybridized carbons (Fsp3) is 0.125. The molecular weight excluding hydrogens is 222 g/mol. The summed E-state index contributed by atoms with van der Waals surface area (Å²) >= 11 is 2.60. The van der Waals surface area contributed by atoms with Gasteiger partial charge in [-0.1, -0.05) is 6.07 Å². The van der Waals surface area contributed by atoms with Gasteiger partial charge >= 0.3 is 5.97 Å². The summed E-state index contributed by atoms with van der Waals surface area (Å²) in [5.41, 5.74) is 7.39. The normalized spacial score (nSPS) is 9.50. The minimum atomic E-state index is -0.479. The second-order valence-corrected chi connectivity index (χ2v) is 2.78. The van der Waals surface area contributed by atoms with E-state index in [1.54, 1.807) is 18.2 Å². The third-order valence-corrected chi connectivity index (χ3v) is 1.79. The van der Waals surface area contributed by atoms with Gasteiger partial charge in [-0.05, 0) is 24.6 Å². The molecule has 0 saturated carbocycles. The Morgan fingerprint density at radius 2 is 2.25 bits per heavy atom. The number of nitrogens with two attached hydrogens (primary N) is 1. The Bertz CT molecular complexity index is 312. The monoisotopic (exact) mass is 229 g/mol. The maximum atomic E-state index is 11.0. The third kappa shape index (κ3) is 1.76. The van der Waals surface area contributed by atoms with Crippen LogP contribution in [-0.2, 0) is 3.83 Å². The van der Waals surface area contributed by atoms with Crippen LogP contribution in [0.5, 0.6) is 0 Å². The zero-order valence-corrected chi connectivity index (χ0v) is 8.09. The Morgan fingerprint density at radius 3 is 2.75 bits per heavy atom. The van der Waals surface area contributed by atoms with E-state index in [2.05, 4.69) is 20.1 Å². The molecule has 4 heteroatoms. The van der Waals surface area contributed by atoms with Gasteiger partial charge in [0.05, 0.1) is 5.56 Å². The van der Waals surface area contributed by atoms with Crippen LogP contribution in [0.2, 0.25) is 0 Å². The third-order valence-electron chi connectivity index (χ3n) is 1.50. The van der Waals surface area contributed by atoms with Gasteiger partial charge in [0.2, 0.25) is 0 Å². The summed E-state index contributed by atoms with van der Waals surface area (Å²) in [5, 5.41) is 0. The fourth-order valence-corrected chi connectivity index (χ4v) is 1.08. The lowest BCUT2D eigenvalue weighted by Gasteiger charge is -2.02. The van der Waals surface area contributed by atoms with Crippen molar-refractivity contribution < 1.29 is 8.62 Å². The van der Waals surface area contributed by atoms with Gasteiger partial charge in [-0.3, -0.25) is 0 Å². The molecule has 0 amide bonds. The molecule has 3 nitrogen and oxygen atoms in total. The van der Waals surface area contributed by atoms with E-state index in [1.165, 1.54) is 0 Å².